The van der Waals surface area contributed by atoms with E-state index in [1.54, 1.807) is 0 Å². The first-order valence-corrected chi connectivity index (χ1v) is 10.6. The van der Waals surface area contributed by atoms with Crippen molar-refractivity contribution < 1.29 is 33.0 Å². The summed E-state index contributed by atoms with van der Waals surface area (Å²) in [5, 5.41) is 21.1. The van der Waals surface area contributed by atoms with Crippen LogP contribution < -0.4 is 0 Å². The van der Waals surface area contributed by atoms with E-state index in [-0.39, 0.29) is 35.4 Å². The summed E-state index contributed by atoms with van der Waals surface area (Å²) in [6.07, 6.45) is 5.74. The van der Waals surface area contributed by atoms with E-state index in [0.29, 0.717) is 12.8 Å². The summed E-state index contributed by atoms with van der Waals surface area (Å²) < 4.78 is 9.17. The summed E-state index contributed by atoms with van der Waals surface area (Å²) >= 11 is 0.156. The Morgan fingerprint density at radius 1 is 1.07 bits per heavy atom. The first-order chi connectivity index (χ1) is 13.1. The molecular weight excluding hydrogens is 386 g/mol. The Bertz CT molecular complexity index is 530. The lowest BCUT2D eigenvalue weighted by atomic mass is 9.73. The number of hydroxylamine groups is 2. The number of piperidine rings is 1. The van der Waals surface area contributed by atoms with Crippen LogP contribution >= 0.6 is 12.3 Å². The third kappa shape index (κ3) is 6.06. The maximum Gasteiger partial charge on any atom is 0.349 e. The molecule has 0 aromatic heterocycles. The minimum absolute atomic E-state index is 0.156. The normalized spacial score (nSPS) is 24.5. The van der Waals surface area contributed by atoms with Crippen LogP contribution in [-0.4, -0.2) is 57.1 Å². The van der Waals surface area contributed by atoms with Gasteiger partial charge in [-0.1, -0.05) is 19.3 Å². The zero-order chi connectivity index (χ0) is 20.9. The predicted octanol–water partition coefficient (Wildman–Crippen LogP) is 2.52. The van der Waals surface area contributed by atoms with E-state index >= 15 is 0 Å². The summed E-state index contributed by atoms with van der Waals surface area (Å²) in [6, 6.07) is 0. The number of aliphatic hydroxyl groups is 2. The van der Waals surface area contributed by atoms with E-state index in [1.165, 1.54) is 19.3 Å². The van der Waals surface area contributed by atoms with Crippen LogP contribution in [0.3, 0.4) is 0 Å². The number of nitrogens with zero attached hydrogens (tertiary/aromatic N) is 1. The number of carbonyl (C=O) groups is 2. The topological polar surface area (TPSA) is 106 Å². The van der Waals surface area contributed by atoms with Gasteiger partial charge in [0, 0.05) is 11.1 Å². The van der Waals surface area contributed by atoms with Gasteiger partial charge in [-0.3, -0.25) is 4.84 Å². The Kier molecular flexibility index (Phi) is 8.16. The fourth-order valence-electron chi connectivity index (χ4n) is 4.53. The molecule has 162 valence electrons. The molecule has 2 fully saturated rings. The molecule has 2 rings (SSSR count). The number of hydrogen-bond acceptors (Lipinski definition) is 9. The van der Waals surface area contributed by atoms with E-state index in [4.69, 9.17) is 14.1 Å². The molecule has 0 spiro atoms. The second-order valence-corrected chi connectivity index (χ2v) is 9.45. The molecular formula is C19H33NO7S. The van der Waals surface area contributed by atoms with E-state index in [0.717, 1.165) is 12.8 Å². The molecule has 1 aliphatic carbocycles. The molecule has 2 N–H and O–H groups in total. The van der Waals surface area contributed by atoms with Gasteiger partial charge in [-0.25, -0.2) is 9.59 Å². The molecule has 1 atom stereocenters. The van der Waals surface area contributed by atoms with Crippen LogP contribution in [0.1, 0.15) is 72.6 Å². The Labute approximate surface area is 171 Å². The molecule has 0 radical (unpaired) electrons. The zero-order valence-electron chi connectivity index (χ0n) is 17.2. The van der Waals surface area contributed by atoms with Crippen molar-refractivity contribution in [1.82, 2.24) is 5.06 Å². The smallest absolute Gasteiger partial charge is 0.349 e. The molecule has 28 heavy (non-hydrogen) atoms. The van der Waals surface area contributed by atoms with Gasteiger partial charge >= 0.3 is 11.9 Å². The SMILES string of the molecule is CC1(C)CC(C(O)C(=O)OSOC(=O)CO)CC(C)(C)N1OC1CCCCC1. The summed E-state index contributed by atoms with van der Waals surface area (Å²) in [4.78, 5) is 29.4. The number of hydrogen-bond donors (Lipinski definition) is 2. The molecule has 0 aromatic carbocycles. The quantitative estimate of drug-likeness (QED) is 0.602. The fraction of sp³-hybridized carbons (Fsp3) is 0.895. The Morgan fingerprint density at radius 3 is 2.18 bits per heavy atom. The average Bonchev–Trinajstić information content (AvgIpc) is 2.64. The second-order valence-electron chi connectivity index (χ2n) is 8.98. The molecule has 8 nitrogen and oxygen atoms in total. The molecule has 1 heterocycles. The standard InChI is InChI=1S/C19H33NO7S/c1-18(2)10-13(16(23)17(24)27-28-26-15(22)12-21)11-19(3,4)20(18)25-14-8-6-5-7-9-14/h13-14,16,21,23H,5-12H2,1-4H3. The van der Waals surface area contributed by atoms with Gasteiger partial charge in [0.05, 0.1) is 6.10 Å². The minimum atomic E-state index is -1.34. The van der Waals surface area contributed by atoms with E-state index in [2.05, 4.69) is 36.9 Å². The molecule has 0 aromatic rings. The van der Waals surface area contributed by atoms with Gasteiger partial charge in [-0.05, 0) is 59.3 Å². The Balaban J connectivity index is 1.97. The van der Waals surface area contributed by atoms with Gasteiger partial charge < -0.3 is 18.6 Å². The predicted molar refractivity (Wildman–Crippen MR) is 104 cm³/mol. The monoisotopic (exact) mass is 419 g/mol. The van der Waals surface area contributed by atoms with Gasteiger partial charge in [0.2, 0.25) is 0 Å². The average molecular weight is 420 g/mol. The molecule has 1 aliphatic heterocycles. The highest BCUT2D eigenvalue weighted by Crippen LogP contribution is 2.44. The zero-order valence-corrected chi connectivity index (χ0v) is 18.0. The van der Waals surface area contributed by atoms with Gasteiger partial charge in [0.15, 0.2) is 6.10 Å². The molecule has 0 amide bonds. The first-order valence-electron chi connectivity index (χ1n) is 9.91. The van der Waals surface area contributed by atoms with Crippen LogP contribution in [-0.2, 0) is 22.8 Å². The van der Waals surface area contributed by atoms with Crippen molar-refractivity contribution >= 4 is 24.3 Å². The molecule has 1 saturated carbocycles. The molecule has 1 saturated heterocycles. The number of carbonyl (C=O) groups excluding carboxylic acids is 2. The van der Waals surface area contributed by atoms with Crippen LogP contribution in [0.4, 0.5) is 0 Å². The van der Waals surface area contributed by atoms with Crippen LogP contribution in [0.15, 0.2) is 0 Å². The highest BCUT2D eigenvalue weighted by atomic mass is 32.2. The Hall–Kier alpha value is -0.870. The van der Waals surface area contributed by atoms with Crippen molar-refractivity contribution in [2.75, 3.05) is 6.61 Å². The summed E-state index contributed by atoms with van der Waals surface area (Å²) in [7, 11) is 0. The van der Waals surface area contributed by atoms with Gasteiger partial charge in [0.1, 0.15) is 6.61 Å². The van der Waals surface area contributed by atoms with Crippen LogP contribution in [0.2, 0.25) is 0 Å². The number of rotatable bonds is 7. The lowest BCUT2D eigenvalue weighted by Gasteiger charge is -2.55. The Morgan fingerprint density at radius 2 is 1.64 bits per heavy atom. The fourth-order valence-corrected chi connectivity index (χ4v) is 4.85. The van der Waals surface area contributed by atoms with Crippen molar-refractivity contribution in [2.24, 2.45) is 5.92 Å². The van der Waals surface area contributed by atoms with Crippen molar-refractivity contribution in [3.63, 3.8) is 0 Å². The van der Waals surface area contributed by atoms with Crippen molar-refractivity contribution in [1.29, 1.82) is 0 Å². The lowest BCUT2D eigenvalue weighted by Crippen LogP contribution is -2.63. The summed E-state index contributed by atoms with van der Waals surface area (Å²) in [5.41, 5.74) is -0.747. The van der Waals surface area contributed by atoms with Gasteiger partial charge in [0.25, 0.3) is 12.3 Å². The lowest BCUT2D eigenvalue weighted by molar-refractivity contribution is -0.316. The largest absolute Gasteiger partial charge is 0.385 e. The van der Waals surface area contributed by atoms with Gasteiger partial charge in [-0.2, -0.15) is 5.06 Å². The van der Waals surface area contributed by atoms with Crippen molar-refractivity contribution in [3.05, 3.63) is 0 Å². The molecule has 1 unspecified atom stereocenters. The first kappa shape index (κ1) is 23.4. The summed E-state index contributed by atoms with van der Waals surface area (Å²) in [6.45, 7) is 7.41. The van der Waals surface area contributed by atoms with E-state index in [9.17, 15) is 14.7 Å². The third-order valence-electron chi connectivity index (χ3n) is 5.49. The molecule has 2 aliphatic rings. The highest BCUT2D eigenvalue weighted by Gasteiger charge is 2.50. The van der Waals surface area contributed by atoms with Crippen molar-refractivity contribution in [2.45, 2.75) is 95.9 Å². The highest BCUT2D eigenvalue weighted by molar-refractivity contribution is 7.90. The summed E-state index contributed by atoms with van der Waals surface area (Å²) in [5.74, 6) is -2.12. The molecule has 9 heteroatoms. The maximum atomic E-state index is 12.1. The van der Waals surface area contributed by atoms with Crippen LogP contribution in [0.25, 0.3) is 0 Å². The van der Waals surface area contributed by atoms with Crippen LogP contribution in [0.5, 0.6) is 0 Å². The van der Waals surface area contributed by atoms with Crippen LogP contribution in [0, 0.1) is 5.92 Å². The number of aliphatic hydroxyl groups excluding tert-OH is 2. The third-order valence-corrected chi connectivity index (χ3v) is 5.98. The molecule has 0 bridgehead atoms. The second kappa shape index (κ2) is 9.75. The van der Waals surface area contributed by atoms with Crippen molar-refractivity contribution in [3.8, 4) is 0 Å². The van der Waals surface area contributed by atoms with E-state index in [1.807, 2.05) is 0 Å². The van der Waals surface area contributed by atoms with Gasteiger partial charge in [-0.15, -0.1) is 0 Å². The maximum absolute atomic E-state index is 12.1. The van der Waals surface area contributed by atoms with E-state index < -0.39 is 24.6 Å². The minimum Gasteiger partial charge on any atom is -0.385 e.